The number of nitrogens with zero attached hydrogens (tertiary/aromatic N) is 1. The second kappa shape index (κ2) is 8.89. The minimum Gasteiger partial charge on any atom is -0.349 e. The van der Waals surface area contributed by atoms with Gasteiger partial charge in [-0.3, -0.25) is 9.59 Å². The quantitative estimate of drug-likeness (QED) is 0.346. The smallest absolute Gasteiger partial charge is 0.281 e. The van der Waals surface area contributed by atoms with Crippen molar-refractivity contribution in [1.29, 1.82) is 0 Å². The molecule has 1 saturated carbocycles. The predicted molar refractivity (Wildman–Crippen MR) is 124 cm³/mol. The Hall–Kier alpha value is -2.19. The van der Waals surface area contributed by atoms with E-state index in [-0.39, 0.29) is 17.9 Å². The fraction of sp³-hybridized carbons (Fsp3) is 0.190. The number of hydrogen-bond acceptors (Lipinski definition) is 5. The molecule has 1 fully saturated rings. The summed E-state index contributed by atoms with van der Waals surface area (Å²) in [5.74, 6) is -0.473. The number of amides is 2. The van der Waals surface area contributed by atoms with Gasteiger partial charge in [-0.15, -0.1) is 22.7 Å². The lowest BCUT2D eigenvalue weighted by molar-refractivity contribution is 0.0950. The molecule has 0 unspecified atom stereocenters. The summed E-state index contributed by atoms with van der Waals surface area (Å²) in [6, 6.07) is 11.1. The average Bonchev–Trinajstić information content (AvgIpc) is 3.22. The monoisotopic (exact) mass is 477 g/mol. The Kier molecular flexibility index (Phi) is 6.24. The largest absolute Gasteiger partial charge is 0.349 e. The molecule has 1 aliphatic rings. The van der Waals surface area contributed by atoms with Crippen molar-refractivity contribution in [1.82, 2.24) is 10.7 Å². The minimum absolute atomic E-state index is 0.130. The van der Waals surface area contributed by atoms with Crippen LogP contribution in [0.1, 0.15) is 44.7 Å². The van der Waals surface area contributed by atoms with Crippen molar-refractivity contribution >= 4 is 63.4 Å². The van der Waals surface area contributed by atoms with Gasteiger partial charge in [-0.1, -0.05) is 29.3 Å². The second-order valence-corrected chi connectivity index (χ2v) is 9.69. The minimum atomic E-state index is -0.343. The van der Waals surface area contributed by atoms with E-state index in [9.17, 15) is 9.59 Å². The highest BCUT2D eigenvalue weighted by molar-refractivity contribution is 7.16. The molecule has 2 heterocycles. The summed E-state index contributed by atoms with van der Waals surface area (Å²) < 4.78 is 0. The van der Waals surface area contributed by atoms with Gasteiger partial charge in [0.15, 0.2) is 0 Å². The lowest BCUT2D eigenvalue weighted by atomic mass is 10.1. The lowest BCUT2D eigenvalue weighted by Gasteiger charge is -2.01. The van der Waals surface area contributed by atoms with Crippen molar-refractivity contribution in [2.75, 3.05) is 0 Å². The number of benzene rings is 1. The molecule has 0 bridgehead atoms. The van der Waals surface area contributed by atoms with Gasteiger partial charge in [0, 0.05) is 21.9 Å². The molecule has 0 radical (unpaired) electrons. The van der Waals surface area contributed by atoms with E-state index in [4.69, 9.17) is 23.2 Å². The second-order valence-electron chi connectivity index (χ2n) is 6.88. The fourth-order valence-corrected chi connectivity index (χ4v) is 4.69. The normalized spacial score (nSPS) is 13.9. The number of hydrogen-bond donors (Lipinski definition) is 2. The molecule has 2 aromatic heterocycles. The molecule has 0 aliphatic heterocycles. The Balaban J connectivity index is 1.41. The van der Waals surface area contributed by atoms with Gasteiger partial charge in [-0.05, 0) is 55.7 Å². The number of halogens is 2. The topological polar surface area (TPSA) is 70.6 Å². The van der Waals surface area contributed by atoms with E-state index in [0.29, 0.717) is 25.5 Å². The summed E-state index contributed by atoms with van der Waals surface area (Å²) in [5, 5.41) is 10.1. The SMILES string of the molecule is CC(=NNC(=O)c1ccc(C(=O)NC2CC2)s1)c1csc(-c2ccc(Cl)c(Cl)c2)c1. The van der Waals surface area contributed by atoms with Gasteiger partial charge in [0.2, 0.25) is 0 Å². The number of rotatable bonds is 6. The van der Waals surface area contributed by atoms with Crippen LogP contribution in [0.5, 0.6) is 0 Å². The highest BCUT2D eigenvalue weighted by Gasteiger charge is 2.24. The van der Waals surface area contributed by atoms with Crippen LogP contribution in [0.4, 0.5) is 0 Å². The van der Waals surface area contributed by atoms with E-state index in [2.05, 4.69) is 15.8 Å². The number of carbonyl (C=O) groups excluding carboxylic acids is 2. The van der Waals surface area contributed by atoms with Crippen molar-refractivity contribution in [3.63, 3.8) is 0 Å². The van der Waals surface area contributed by atoms with Crippen LogP contribution in [0.25, 0.3) is 10.4 Å². The van der Waals surface area contributed by atoms with Crippen molar-refractivity contribution < 1.29 is 9.59 Å². The average molecular weight is 478 g/mol. The standard InChI is InChI=1S/C21H17Cl2N3O2S2/c1-11(13-9-19(29-10-13)12-2-5-15(22)16(23)8-12)25-26-21(28)18-7-6-17(30-18)20(27)24-14-3-4-14/h2,5-10,14H,3-4H2,1H3,(H,24,27)(H,26,28). The lowest BCUT2D eigenvalue weighted by Crippen LogP contribution is -2.24. The Morgan fingerprint density at radius 1 is 1.03 bits per heavy atom. The van der Waals surface area contributed by atoms with Gasteiger partial charge in [0.1, 0.15) is 0 Å². The van der Waals surface area contributed by atoms with Crippen LogP contribution < -0.4 is 10.7 Å². The summed E-state index contributed by atoms with van der Waals surface area (Å²) in [6.07, 6.45) is 2.04. The van der Waals surface area contributed by atoms with Crippen LogP contribution in [0.2, 0.25) is 10.0 Å². The summed E-state index contributed by atoms with van der Waals surface area (Å²) in [7, 11) is 0. The summed E-state index contributed by atoms with van der Waals surface area (Å²) in [4.78, 5) is 26.4. The molecule has 3 aromatic rings. The summed E-state index contributed by atoms with van der Waals surface area (Å²) >= 11 is 14.8. The molecule has 4 rings (SSSR count). The zero-order valence-corrected chi connectivity index (χ0v) is 19.0. The third kappa shape index (κ3) is 4.92. The van der Waals surface area contributed by atoms with E-state index in [1.807, 2.05) is 30.5 Å². The first kappa shape index (κ1) is 21.1. The maximum absolute atomic E-state index is 12.4. The Bertz CT molecular complexity index is 1150. The van der Waals surface area contributed by atoms with Crippen molar-refractivity contribution in [2.45, 2.75) is 25.8 Å². The van der Waals surface area contributed by atoms with E-state index in [0.717, 1.165) is 40.2 Å². The highest BCUT2D eigenvalue weighted by atomic mass is 35.5. The molecule has 9 heteroatoms. The van der Waals surface area contributed by atoms with Gasteiger partial charge >= 0.3 is 0 Å². The van der Waals surface area contributed by atoms with Gasteiger partial charge in [0.25, 0.3) is 11.8 Å². The predicted octanol–water partition coefficient (Wildman–Crippen LogP) is 5.83. The van der Waals surface area contributed by atoms with Crippen LogP contribution in [0.3, 0.4) is 0 Å². The highest BCUT2D eigenvalue weighted by Crippen LogP contribution is 2.32. The zero-order chi connectivity index (χ0) is 21.3. The Labute approximate surface area is 191 Å². The van der Waals surface area contributed by atoms with Crippen LogP contribution in [0, 0.1) is 0 Å². The number of carbonyl (C=O) groups is 2. The fourth-order valence-electron chi connectivity index (χ4n) is 2.65. The molecule has 0 saturated heterocycles. The van der Waals surface area contributed by atoms with Gasteiger partial charge in [-0.25, -0.2) is 5.43 Å². The first-order valence-electron chi connectivity index (χ1n) is 9.20. The molecular formula is C21H17Cl2N3O2S2. The van der Waals surface area contributed by atoms with Crippen molar-refractivity contribution in [3.05, 3.63) is 67.1 Å². The number of hydrazone groups is 1. The van der Waals surface area contributed by atoms with Gasteiger partial charge in [-0.2, -0.15) is 5.10 Å². The van der Waals surface area contributed by atoms with Gasteiger partial charge < -0.3 is 5.32 Å². The molecule has 0 spiro atoms. The number of thiophene rings is 2. The maximum Gasteiger partial charge on any atom is 0.281 e. The van der Waals surface area contributed by atoms with Crippen LogP contribution >= 0.6 is 45.9 Å². The van der Waals surface area contributed by atoms with E-state index in [1.54, 1.807) is 29.5 Å². The Morgan fingerprint density at radius 2 is 1.77 bits per heavy atom. The molecule has 154 valence electrons. The third-order valence-corrected chi connectivity index (χ3v) is 7.31. The summed E-state index contributed by atoms with van der Waals surface area (Å²) in [6.45, 7) is 1.82. The molecule has 2 N–H and O–H groups in total. The van der Waals surface area contributed by atoms with E-state index >= 15 is 0 Å². The molecule has 0 atom stereocenters. The number of nitrogens with one attached hydrogen (secondary N) is 2. The first-order valence-corrected chi connectivity index (χ1v) is 11.7. The van der Waals surface area contributed by atoms with Gasteiger partial charge in [0.05, 0.1) is 25.5 Å². The third-order valence-electron chi connectivity index (χ3n) is 4.51. The van der Waals surface area contributed by atoms with Crippen molar-refractivity contribution in [3.8, 4) is 10.4 Å². The molecule has 1 aliphatic carbocycles. The zero-order valence-electron chi connectivity index (χ0n) is 15.9. The van der Waals surface area contributed by atoms with Crippen LogP contribution in [0.15, 0.2) is 46.9 Å². The van der Waals surface area contributed by atoms with Crippen LogP contribution in [-0.4, -0.2) is 23.6 Å². The van der Waals surface area contributed by atoms with E-state index in [1.165, 1.54) is 0 Å². The molecule has 30 heavy (non-hydrogen) atoms. The molecule has 2 amide bonds. The van der Waals surface area contributed by atoms with Crippen molar-refractivity contribution in [2.24, 2.45) is 5.10 Å². The molecule has 5 nitrogen and oxygen atoms in total. The first-order chi connectivity index (χ1) is 14.4. The maximum atomic E-state index is 12.4. The van der Waals surface area contributed by atoms with Crippen LogP contribution in [-0.2, 0) is 0 Å². The molecular weight excluding hydrogens is 461 g/mol. The summed E-state index contributed by atoms with van der Waals surface area (Å²) in [5.41, 5.74) is 5.10. The Morgan fingerprint density at radius 3 is 2.47 bits per heavy atom. The van der Waals surface area contributed by atoms with E-state index < -0.39 is 0 Å². The molecule has 1 aromatic carbocycles.